The van der Waals surface area contributed by atoms with Crippen molar-refractivity contribution in [3.05, 3.63) is 51.1 Å². The summed E-state index contributed by atoms with van der Waals surface area (Å²) in [5.41, 5.74) is 8.77. The number of H-pyrrole nitrogens is 1. The maximum absolute atomic E-state index is 12.7. The Kier molecular flexibility index (Phi) is 4.50. The molecule has 26 heavy (non-hydrogen) atoms. The van der Waals surface area contributed by atoms with Crippen LogP contribution in [0.2, 0.25) is 0 Å². The minimum atomic E-state index is -0.327. The normalized spacial score (nSPS) is 11.3. The van der Waals surface area contributed by atoms with E-state index >= 15 is 0 Å². The smallest absolute Gasteiger partial charge is 0.253 e. The molecule has 0 aromatic carbocycles. The molecule has 0 atom stereocenters. The molecule has 0 fully saturated rings. The van der Waals surface area contributed by atoms with Gasteiger partial charge in [0, 0.05) is 23.8 Å². The van der Waals surface area contributed by atoms with Crippen LogP contribution in [0, 0.1) is 13.8 Å². The first kappa shape index (κ1) is 17.7. The predicted octanol–water partition coefficient (Wildman–Crippen LogP) is 1.83. The summed E-state index contributed by atoms with van der Waals surface area (Å²) >= 11 is 0. The summed E-state index contributed by atoms with van der Waals surface area (Å²) in [6.07, 6.45) is 1.61. The number of nitrogens with two attached hydrogens (primary N) is 1. The second kappa shape index (κ2) is 6.62. The molecule has 0 aliphatic carbocycles. The SMILES string of the molecule is Cc1cc(C)c(CNC(=O)c2cc(N)nc3c2cnn3C(C)C)c(=O)[nH]1. The van der Waals surface area contributed by atoms with E-state index in [2.05, 4.69) is 20.4 Å². The third-order valence-electron chi connectivity index (χ3n) is 4.24. The van der Waals surface area contributed by atoms with Crippen LogP contribution in [0.5, 0.6) is 0 Å². The number of anilines is 1. The maximum Gasteiger partial charge on any atom is 0.253 e. The molecule has 3 heterocycles. The van der Waals surface area contributed by atoms with Crippen LogP contribution in [-0.2, 0) is 6.54 Å². The van der Waals surface area contributed by atoms with E-state index in [4.69, 9.17) is 5.73 Å². The highest BCUT2D eigenvalue weighted by Gasteiger charge is 2.17. The van der Waals surface area contributed by atoms with Gasteiger partial charge in [0.1, 0.15) is 5.82 Å². The van der Waals surface area contributed by atoms with Gasteiger partial charge in [0.15, 0.2) is 5.65 Å². The Hall–Kier alpha value is -3.16. The van der Waals surface area contributed by atoms with Gasteiger partial charge < -0.3 is 16.0 Å². The van der Waals surface area contributed by atoms with Crippen LogP contribution in [0.25, 0.3) is 11.0 Å². The minimum absolute atomic E-state index is 0.0893. The summed E-state index contributed by atoms with van der Waals surface area (Å²) in [5.74, 6) is -0.0822. The molecule has 0 aliphatic rings. The monoisotopic (exact) mass is 354 g/mol. The van der Waals surface area contributed by atoms with Gasteiger partial charge in [-0.05, 0) is 45.4 Å². The number of hydrogen-bond acceptors (Lipinski definition) is 5. The lowest BCUT2D eigenvalue weighted by Crippen LogP contribution is -2.28. The van der Waals surface area contributed by atoms with Crippen molar-refractivity contribution in [1.29, 1.82) is 0 Å². The Labute approximate surface area is 150 Å². The van der Waals surface area contributed by atoms with Gasteiger partial charge in [-0.2, -0.15) is 5.10 Å². The molecular weight excluding hydrogens is 332 g/mol. The third kappa shape index (κ3) is 3.17. The Bertz CT molecular complexity index is 1050. The van der Waals surface area contributed by atoms with Gasteiger partial charge in [-0.3, -0.25) is 9.59 Å². The van der Waals surface area contributed by atoms with E-state index in [1.165, 1.54) is 6.07 Å². The van der Waals surface area contributed by atoms with Gasteiger partial charge >= 0.3 is 0 Å². The van der Waals surface area contributed by atoms with E-state index in [1.807, 2.05) is 33.8 Å². The number of pyridine rings is 2. The molecular formula is C18H22N6O2. The van der Waals surface area contributed by atoms with Crippen LogP contribution < -0.4 is 16.6 Å². The lowest BCUT2D eigenvalue weighted by Gasteiger charge is -2.10. The number of amides is 1. The molecule has 3 aromatic rings. The van der Waals surface area contributed by atoms with E-state index in [0.29, 0.717) is 22.2 Å². The van der Waals surface area contributed by atoms with Crippen LogP contribution in [0.1, 0.15) is 47.1 Å². The van der Waals surface area contributed by atoms with Gasteiger partial charge in [-0.15, -0.1) is 0 Å². The first-order valence-electron chi connectivity index (χ1n) is 8.39. The van der Waals surface area contributed by atoms with E-state index in [0.717, 1.165) is 11.3 Å². The van der Waals surface area contributed by atoms with Crippen molar-refractivity contribution in [1.82, 2.24) is 25.1 Å². The number of nitrogens with zero attached hydrogens (tertiary/aromatic N) is 3. The summed E-state index contributed by atoms with van der Waals surface area (Å²) in [7, 11) is 0. The molecule has 1 amide bonds. The number of fused-ring (bicyclic) bond motifs is 1. The highest BCUT2D eigenvalue weighted by Crippen LogP contribution is 2.22. The van der Waals surface area contributed by atoms with Crippen LogP contribution in [0.15, 0.2) is 23.1 Å². The number of aryl methyl sites for hydroxylation is 2. The second-order valence-electron chi connectivity index (χ2n) is 6.64. The largest absolute Gasteiger partial charge is 0.384 e. The van der Waals surface area contributed by atoms with Crippen LogP contribution in [0.4, 0.5) is 5.82 Å². The molecule has 0 saturated heterocycles. The van der Waals surface area contributed by atoms with Crippen LogP contribution in [-0.4, -0.2) is 25.7 Å². The predicted molar refractivity (Wildman–Crippen MR) is 100 cm³/mol. The highest BCUT2D eigenvalue weighted by molar-refractivity contribution is 6.06. The van der Waals surface area contributed by atoms with E-state index in [1.54, 1.807) is 10.9 Å². The van der Waals surface area contributed by atoms with Gasteiger partial charge in [0.05, 0.1) is 17.1 Å². The molecule has 3 rings (SSSR count). The Morgan fingerprint density at radius 2 is 2.08 bits per heavy atom. The standard InChI is InChI=1S/C18H22N6O2/c1-9(2)24-16-14(8-21-24)12(6-15(19)23-16)17(25)20-7-13-10(3)5-11(4)22-18(13)26/h5-6,8-9H,7H2,1-4H3,(H2,19,23)(H,20,25)(H,22,26). The van der Waals surface area contributed by atoms with Crippen molar-refractivity contribution < 1.29 is 4.79 Å². The summed E-state index contributed by atoms with van der Waals surface area (Å²) in [6, 6.07) is 3.49. The average molecular weight is 354 g/mol. The number of carbonyl (C=O) groups excluding carboxylic acids is 1. The highest BCUT2D eigenvalue weighted by atomic mass is 16.1. The first-order chi connectivity index (χ1) is 12.3. The summed E-state index contributed by atoms with van der Waals surface area (Å²) < 4.78 is 1.72. The van der Waals surface area contributed by atoms with Crippen molar-refractivity contribution in [2.45, 2.75) is 40.3 Å². The number of hydrogen-bond donors (Lipinski definition) is 3. The van der Waals surface area contributed by atoms with Crippen molar-refractivity contribution in [3.63, 3.8) is 0 Å². The number of aromatic amines is 1. The molecule has 0 spiro atoms. The average Bonchev–Trinajstić information content (AvgIpc) is 2.96. The minimum Gasteiger partial charge on any atom is -0.384 e. The second-order valence-corrected chi connectivity index (χ2v) is 6.64. The number of carbonyl (C=O) groups is 1. The van der Waals surface area contributed by atoms with Crippen LogP contribution in [0.3, 0.4) is 0 Å². The number of aromatic nitrogens is 4. The maximum atomic E-state index is 12.7. The van der Waals surface area contributed by atoms with Crippen molar-refractivity contribution in [2.75, 3.05) is 5.73 Å². The van der Waals surface area contributed by atoms with E-state index in [-0.39, 0.29) is 29.9 Å². The number of nitrogen functional groups attached to an aromatic ring is 1. The molecule has 0 saturated carbocycles. The van der Waals surface area contributed by atoms with Crippen molar-refractivity contribution in [2.24, 2.45) is 0 Å². The quantitative estimate of drug-likeness (QED) is 0.660. The topological polar surface area (TPSA) is 119 Å². The summed E-state index contributed by atoms with van der Waals surface area (Å²) in [5, 5.41) is 7.72. The van der Waals surface area contributed by atoms with Crippen LogP contribution >= 0.6 is 0 Å². The van der Waals surface area contributed by atoms with Gasteiger partial charge in [-0.1, -0.05) is 0 Å². The zero-order chi connectivity index (χ0) is 19.0. The van der Waals surface area contributed by atoms with E-state index in [9.17, 15) is 9.59 Å². The summed E-state index contributed by atoms with van der Waals surface area (Å²) in [6.45, 7) is 7.74. The summed E-state index contributed by atoms with van der Waals surface area (Å²) in [4.78, 5) is 31.9. The zero-order valence-corrected chi connectivity index (χ0v) is 15.3. The molecule has 4 N–H and O–H groups in total. The fourth-order valence-corrected chi connectivity index (χ4v) is 2.97. The number of nitrogens with one attached hydrogen (secondary N) is 2. The Balaban J connectivity index is 1.93. The first-order valence-corrected chi connectivity index (χ1v) is 8.39. The van der Waals surface area contributed by atoms with E-state index < -0.39 is 0 Å². The third-order valence-corrected chi connectivity index (χ3v) is 4.24. The molecule has 8 nitrogen and oxygen atoms in total. The molecule has 136 valence electrons. The molecule has 0 bridgehead atoms. The lowest BCUT2D eigenvalue weighted by molar-refractivity contribution is 0.0952. The zero-order valence-electron chi connectivity index (χ0n) is 15.3. The molecule has 3 aromatic heterocycles. The Morgan fingerprint density at radius 3 is 2.73 bits per heavy atom. The lowest BCUT2D eigenvalue weighted by atomic mass is 10.1. The van der Waals surface area contributed by atoms with Crippen molar-refractivity contribution >= 4 is 22.8 Å². The molecule has 0 unspecified atom stereocenters. The van der Waals surface area contributed by atoms with Crippen molar-refractivity contribution in [3.8, 4) is 0 Å². The van der Waals surface area contributed by atoms with Gasteiger partial charge in [0.25, 0.3) is 11.5 Å². The fraction of sp³-hybridized carbons (Fsp3) is 0.333. The fourth-order valence-electron chi connectivity index (χ4n) is 2.97. The molecule has 0 radical (unpaired) electrons. The number of rotatable bonds is 4. The van der Waals surface area contributed by atoms with Gasteiger partial charge in [0.2, 0.25) is 0 Å². The molecule has 0 aliphatic heterocycles. The Morgan fingerprint density at radius 1 is 1.35 bits per heavy atom. The van der Waals surface area contributed by atoms with Gasteiger partial charge in [-0.25, -0.2) is 9.67 Å². The molecule has 8 heteroatoms.